The van der Waals surface area contributed by atoms with Crippen molar-refractivity contribution >= 4 is 11.6 Å². The lowest BCUT2D eigenvalue weighted by Gasteiger charge is -2.59. The first-order valence-electron chi connectivity index (χ1n) is 9.19. The Morgan fingerprint density at radius 1 is 1.09 bits per heavy atom. The number of anilines is 1. The summed E-state index contributed by atoms with van der Waals surface area (Å²) in [5.74, 6) is 1.25. The quantitative estimate of drug-likeness (QED) is 0.879. The van der Waals surface area contributed by atoms with Crippen LogP contribution in [0.2, 0.25) is 0 Å². The van der Waals surface area contributed by atoms with Crippen molar-refractivity contribution in [2.75, 3.05) is 5.32 Å². The zero-order chi connectivity index (χ0) is 15.7. The van der Waals surface area contributed by atoms with Crippen LogP contribution in [0.15, 0.2) is 18.2 Å². The van der Waals surface area contributed by atoms with Crippen LogP contribution in [0.4, 0.5) is 5.69 Å². The largest absolute Gasteiger partial charge is 0.390 e. The van der Waals surface area contributed by atoms with Gasteiger partial charge < -0.3 is 10.4 Å². The molecule has 2 N–H and O–H groups in total. The smallest absolute Gasteiger partial charge is 0.230 e. The molecule has 4 atom stereocenters. The Kier molecular flexibility index (Phi) is 2.80. The fourth-order valence-corrected chi connectivity index (χ4v) is 6.39. The number of hydrogen-bond donors (Lipinski definition) is 2. The molecule has 5 aliphatic carbocycles. The molecule has 4 saturated carbocycles. The minimum absolute atomic E-state index is 0.156. The maximum atomic E-state index is 13.1. The molecule has 0 heterocycles. The molecular formula is C20H25NO2. The van der Waals surface area contributed by atoms with Gasteiger partial charge in [0.2, 0.25) is 5.91 Å². The number of fused-ring (bicyclic) bond motifs is 1. The summed E-state index contributed by atoms with van der Waals surface area (Å²) in [6.45, 7) is 0. The Morgan fingerprint density at radius 2 is 1.83 bits per heavy atom. The van der Waals surface area contributed by atoms with Gasteiger partial charge in [-0.05, 0) is 92.9 Å². The number of carbonyl (C=O) groups excluding carboxylic acids is 1. The minimum Gasteiger partial charge on any atom is -0.390 e. The number of nitrogens with one attached hydrogen (secondary N) is 1. The molecule has 2 unspecified atom stereocenters. The van der Waals surface area contributed by atoms with Crippen molar-refractivity contribution in [2.24, 2.45) is 17.3 Å². The summed E-state index contributed by atoms with van der Waals surface area (Å²) < 4.78 is 0. The number of aryl methyl sites for hydroxylation is 2. The van der Waals surface area contributed by atoms with E-state index in [1.165, 1.54) is 30.4 Å². The van der Waals surface area contributed by atoms with Crippen molar-refractivity contribution < 1.29 is 9.90 Å². The van der Waals surface area contributed by atoms with Gasteiger partial charge >= 0.3 is 0 Å². The maximum absolute atomic E-state index is 13.1. The molecule has 1 amide bonds. The lowest BCUT2D eigenvalue weighted by atomic mass is 9.47. The number of aliphatic hydroxyl groups is 1. The third-order valence-electron chi connectivity index (χ3n) is 6.87. The van der Waals surface area contributed by atoms with Crippen molar-refractivity contribution in [3.63, 3.8) is 0 Å². The van der Waals surface area contributed by atoms with Gasteiger partial charge in [0.15, 0.2) is 0 Å². The highest BCUT2D eigenvalue weighted by Gasteiger charge is 2.60. The van der Waals surface area contributed by atoms with Gasteiger partial charge in [-0.1, -0.05) is 6.07 Å². The summed E-state index contributed by atoms with van der Waals surface area (Å²) in [5.41, 5.74) is 2.88. The first-order chi connectivity index (χ1) is 11.0. The van der Waals surface area contributed by atoms with E-state index in [4.69, 9.17) is 0 Å². The Hall–Kier alpha value is -1.35. The minimum atomic E-state index is -0.570. The normalized spacial score (nSPS) is 40.2. The molecule has 4 fully saturated rings. The van der Waals surface area contributed by atoms with Crippen molar-refractivity contribution in [1.29, 1.82) is 0 Å². The molecule has 0 aliphatic heterocycles. The summed E-state index contributed by atoms with van der Waals surface area (Å²) >= 11 is 0. The zero-order valence-corrected chi connectivity index (χ0v) is 13.6. The summed E-state index contributed by atoms with van der Waals surface area (Å²) in [6, 6.07) is 6.39. The number of hydrogen-bond acceptors (Lipinski definition) is 2. The van der Waals surface area contributed by atoms with Crippen LogP contribution in [0.1, 0.15) is 56.1 Å². The maximum Gasteiger partial charge on any atom is 0.230 e. The highest BCUT2D eigenvalue weighted by Crippen LogP contribution is 2.61. The molecular weight excluding hydrogens is 286 g/mol. The average molecular weight is 311 g/mol. The molecule has 4 bridgehead atoms. The Morgan fingerprint density at radius 3 is 2.57 bits per heavy atom. The van der Waals surface area contributed by atoms with Crippen molar-refractivity contribution in [3.05, 3.63) is 29.3 Å². The van der Waals surface area contributed by atoms with Crippen LogP contribution >= 0.6 is 0 Å². The van der Waals surface area contributed by atoms with Gasteiger partial charge in [-0.3, -0.25) is 4.79 Å². The van der Waals surface area contributed by atoms with E-state index in [0.717, 1.165) is 37.8 Å². The number of benzene rings is 1. The van der Waals surface area contributed by atoms with E-state index in [9.17, 15) is 9.90 Å². The molecule has 23 heavy (non-hydrogen) atoms. The summed E-state index contributed by atoms with van der Waals surface area (Å²) in [6.07, 6.45) is 9.20. The summed E-state index contributed by atoms with van der Waals surface area (Å²) in [7, 11) is 0. The Bertz CT molecular complexity index is 666. The molecule has 1 aromatic carbocycles. The Labute approximate surface area is 137 Å². The molecule has 6 rings (SSSR count). The standard InChI is InChI=1S/C20H25NO2/c22-18(21-17-5-4-15-2-1-3-16(15)7-17)19-8-13-6-14(9-19)11-20(23,10-13)12-19/h4-5,7,13-14,23H,1-3,6,8-12H2,(H,21,22)/t13-,14+,19?,20?. The van der Waals surface area contributed by atoms with E-state index in [1.54, 1.807) is 0 Å². The molecule has 5 aliphatic rings. The van der Waals surface area contributed by atoms with Crippen LogP contribution in [-0.2, 0) is 17.6 Å². The second-order valence-electron chi connectivity index (χ2n) is 8.76. The third-order valence-corrected chi connectivity index (χ3v) is 6.87. The van der Waals surface area contributed by atoms with Crippen molar-refractivity contribution in [2.45, 2.75) is 63.4 Å². The highest BCUT2D eigenvalue weighted by atomic mass is 16.3. The molecule has 0 radical (unpaired) electrons. The van der Waals surface area contributed by atoms with Gasteiger partial charge in [0.25, 0.3) is 0 Å². The van der Waals surface area contributed by atoms with Gasteiger partial charge in [0.05, 0.1) is 11.0 Å². The predicted molar refractivity (Wildman–Crippen MR) is 89.2 cm³/mol. The summed E-state index contributed by atoms with van der Waals surface area (Å²) in [5, 5.41) is 14.0. The van der Waals surface area contributed by atoms with Gasteiger partial charge in [-0.2, -0.15) is 0 Å². The lowest BCUT2D eigenvalue weighted by Crippen LogP contribution is -2.59. The van der Waals surface area contributed by atoms with E-state index in [2.05, 4.69) is 23.5 Å². The SMILES string of the molecule is O=C(Nc1ccc2c(c1)CCC2)C12C[C@@H]3C[C@@H](CC(O)(C3)C1)C2. The fourth-order valence-electron chi connectivity index (χ4n) is 6.39. The van der Waals surface area contributed by atoms with Gasteiger partial charge in [-0.15, -0.1) is 0 Å². The van der Waals surface area contributed by atoms with Crippen LogP contribution in [-0.4, -0.2) is 16.6 Å². The van der Waals surface area contributed by atoms with Crippen LogP contribution < -0.4 is 5.32 Å². The molecule has 3 nitrogen and oxygen atoms in total. The number of amides is 1. The predicted octanol–water partition coefficient (Wildman–Crippen LogP) is 3.45. The molecule has 122 valence electrons. The Balaban J connectivity index is 1.40. The van der Waals surface area contributed by atoms with E-state index >= 15 is 0 Å². The zero-order valence-electron chi connectivity index (χ0n) is 13.6. The monoisotopic (exact) mass is 311 g/mol. The van der Waals surface area contributed by atoms with E-state index < -0.39 is 5.60 Å². The lowest BCUT2D eigenvalue weighted by molar-refractivity contribution is -0.174. The highest BCUT2D eigenvalue weighted by molar-refractivity contribution is 5.96. The van der Waals surface area contributed by atoms with Crippen molar-refractivity contribution in [1.82, 2.24) is 0 Å². The average Bonchev–Trinajstić information content (AvgIpc) is 2.92. The first kappa shape index (κ1) is 14.0. The van der Waals surface area contributed by atoms with Gasteiger partial charge in [-0.25, -0.2) is 0 Å². The molecule has 0 aromatic heterocycles. The van der Waals surface area contributed by atoms with E-state index in [-0.39, 0.29) is 11.3 Å². The van der Waals surface area contributed by atoms with Gasteiger partial charge in [0.1, 0.15) is 0 Å². The second kappa shape index (κ2) is 4.60. The van der Waals surface area contributed by atoms with E-state index in [1.807, 2.05) is 0 Å². The van der Waals surface area contributed by atoms with Crippen LogP contribution in [0.5, 0.6) is 0 Å². The first-order valence-corrected chi connectivity index (χ1v) is 9.19. The van der Waals surface area contributed by atoms with Crippen molar-refractivity contribution in [3.8, 4) is 0 Å². The fraction of sp³-hybridized carbons (Fsp3) is 0.650. The molecule has 3 heteroatoms. The topological polar surface area (TPSA) is 49.3 Å². The van der Waals surface area contributed by atoms with Crippen LogP contribution in [0.25, 0.3) is 0 Å². The van der Waals surface area contributed by atoms with Crippen LogP contribution in [0, 0.1) is 17.3 Å². The molecule has 1 aromatic rings. The van der Waals surface area contributed by atoms with Gasteiger partial charge in [0, 0.05) is 5.69 Å². The summed E-state index contributed by atoms with van der Waals surface area (Å²) in [4.78, 5) is 13.1. The second-order valence-corrected chi connectivity index (χ2v) is 8.76. The number of carbonyl (C=O) groups is 1. The third kappa shape index (κ3) is 2.16. The van der Waals surface area contributed by atoms with E-state index in [0.29, 0.717) is 18.3 Å². The molecule has 0 spiro atoms. The van der Waals surface area contributed by atoms with Crippen LogP contribution in [0.3, 0.4) is 0 Å². The molecule has 0 saturated heterocycles. The number of rotatable bonds is 2.